The van der Waals surface area contributed by atoms with Crippen LogP contribution in [0, 0.1) is 5.92 Å². The Morgan fingerprint density at radius 3 is 2.19 bits per heavy atom. The maximum atomic E-state index is 9.23. The van der Waals surface area contributed by atoms with Crippen molar-refractivity contribution in [1.29, 1.82) is 0 Å². The van der Waals surface area contributed by atoms with E-state index < -0.39 is 8.32 Å². The summed E-state index contributed by atoms with van der Waals surface area (Å²) in [7, 11) is -1.74. The van der Waals surface area contributed by atoms with Gasteiger partial charge in [-0.1, -0.05) is 33.8 Å². The first-order valence-electron chi connectivity index (χ1n) is 6.05. The van der Waals surface area contributed by atoms with Crippen LogP contribution in [0.2, 0.25) is 18.1 Å². The summed E-state index contributed by atoms with van der Waals surface area (Å²) in [6.45, 7) is 17.1. The van der Waals surface area contributed by atoms with E-state index in [1.54, 1.807) is 0 Å². The first-order chi connectivity index (χ1) is 7.15. The lowest BCUT2D eigenvalue weighted by molar-refractivity contribution is 0.0872. The fraction of sp³-hybridized carbons (Fsp3) is 0.846. The second-order valence-corrected chi connectivity index (χ2v) is 10.9. The zero-order valence-electron chi connectivity index (χ0n) is 11.7. The lowest BCUT2D eigenvalue weighted by Gasteiger charge is -2.40. The summed E-state index contributed by atoms with van der Waals surface area (Å²) >= 11 is 0. The van der Waals surface area contributed by atoms with Crippen LogP contribution in [-0.2, 0) is 4.43 Å². The molecule has 0 amide bonds. The maximum Gasteiger partial charge on any atom is 0.192 e. The van der Waals surface area contributed by atoms with Gasteiger partial charge in [-0.25, -0.2) is 0 Å². The normalized spacial score (nSPS) is 16.9. The van der Waals surface area contributed by atoms with Gasteiger partial charge in [0.05, 0.1) is 6.10 Å². The van der Waals surface area contributed by atoms with Crippen LogP contribution in [0.1, 0.15) is 34.1 Å². The number of aliphatic hydroxyl groups excluding tert-OH is 1. The molecule has 0 aromatic carbocycles. The molecule has 0 saturated heterocycles. The smallest absolute Gasteiger partial charge is 0.192 e. The van der Waals surface area contributed by atoms with Gasteiger partial charge in [0.1, 0.15) is 0 Å². The van der Waals surface area contributed by atoms with Crippen LogP contribution in [0.5, 0.6) is 0 Å². The molecular weight excluding hydrogens is 216 g/mol. The molecule has 0 aromatic heterocycles. The van der Waals surface area contributed by atoms with Gasteiger partial charge in [0.15, 0.2) is 8.32 Å². The van der Waals surface area contributed by atoms with E-state index in [0.717, 1.165) is 6.42 Å². The minimum Gasteiger partial charge on any atom is -0.413 e. The average molecular weight is 244 g/mol. The maximum absolute atomic E-state index is 9.23. The Morgan fingerprint density at radius 2 is 1.88 bits per heavy atom. The van der Waals surface area contributed by atoms with Crippen molar-refractivity contribution in [3.63, 3.8) is 0 Å². The van der Waals surface area contributed by atoms with Gasteiger partial charge in [-0.15, -0.1) is 6.58 Å². The van der Waals surface area contributed by atoms with Crippen LogP contribution in [0.15, 0.2) is 12.7 Å². The van der Waals surface area contributed by atoms with Crippen LogP contribution >= 0.6 is 0 Å². The third kappa shape index (κ3) is 4.40. The monoisotopic (exact) mass is 244 g/mol. The summed E-state index contributed by atoms with van der Waals surface area (Å²) in [5.74, 6) is 0.173. The molecule has 0 radical (unpaired) electrons. The predicted octanol–water partition coefficient (Wildman–Crippen LogP) is 3.58. The van der Waals surface area contributed by atoms with Gasteiger partial charge in [-0.3, -0.25) is 0 Å². The Balaban J connectivity index is 4.68. The summed E-state index contributed by atoms with van der Waals surface area (Å²) in [5.41, 5.74) is 0. The minimum absolute atomic E-state index is 0.100. The molecule has 0 aliphatic rings. The number of hydrogen-bond acceptors (Lipinski definition) is 2. The molecule has 0 aromatic rings. The van der Waals surface area contributed by atoms with Gasteiger partial charge < -0.3 is 9.53 Å². The fourth-order valence-electron chi connectivity index (χ4n) is 1.23. The zero-order valence-corrected chi connectivity index (χ0v) is 12.7. The van der Waals surface area contributed by atoms with Gasteiger partial charge in [-0.05, 0) is 24.6 Å². The highest BCUT2D eigenvalue weighted by molar-refractivity contribution is 6.74. The zero-order chi connectivity index (χ0) is 13.0. The molecular formula is C13H28O2Si. The van der Waals surface area contributed by atoms with Gasteiger partial charge in [0, 0.05) is 12.5 Å². The van der Waals surface area contributed by atoms with Crippen LogP contribution in [0.25, 0.3) is 0 Å². The molecule has 0 heterocycles. The molecule has 0 spiro atoms. The molecule has 3 heteroatoms. The third-order valence-electron chi connectivity index (χ3n) is 3.57. The summed E-state index contributed by atoms with van der Waals surface area (Å²) in [5, 5.41) is 9.44. The lowest BCUT2D eigenvalue weighted by Crippen LogP contribution is -2.45. The van der Waals surface area contributed by atoms with E-state index in [0.29, 0.717) is 0 Å². The van der Waals surface area contributed by atoms with E-state index in [4.69, 9.17) is 4.43 Å². The molecule has 16 heavy (non-hydrogen) atoms. The van der Waals surface area contributed by atoms with Crippen LogP contribution < -0.4 is 0 Å². The van der Waals surface area contributed by atoms with Crippen molar-refractivity contribution in [3.05, 3.63) is 12.7 Å². The van der Waals surface area contributed by atoms with Crippen molar-refractivity contribution in [2.24, 2.45) is 5.92 Å². The second-order valence-electron chi connectivity index (χ2n) is 6.10. The third-order valence-corrected chi connectivity index (χ3v) is 8.08. The Hall–Kier alpha value is -0.123. The lowest BCUT2D eigenvalue weighted by atomic mass is 10.0. The van der Waals surface area contributed by atoms with Crippen LogP contribution in [0.4, 0.5) is 0 Å². The van der Waals surface area contributed by atoms with Gasteiger partial charge in [-0.2, -0.15) is 0 Å². The average Bonchev–Trinajstić information content (AvgIpc) is 2.14. The fourth-order valence-corrected chi connectivity index (χ4v) is 2.67. The molecule has 2 nitrogen and oxygen atoms in total. The molecule has 0 bridgehead atoms. The molecule has 0 aliphatic carbocycles. The van der Waals surface area contributed by atoms with Gasteiger partial charge >= 0.3 is 0 Å². The molecule has 1 N–H and O–H groups in total. The first kappa shape index (κ1) is 15.9. The quantitative estimate of drug-likeness (QED) is 0.571. The molecule has 0 rings (SSSR count). The highest BCUT2D eigenvalue weighted by atomic mass is 28.4. The number of aliphatic hydroxyl groups is 1. The van der Waals surface area contributed by atoms with Crippen LogP contribution in [0.3, 0.4) is 0 Å². The van der Waals surface area contributed by atoms with Crippen molar-refractivity contribution in [2.45, 2.75) is 58.4 Å². The Bertz CT molecular complexity index is 218. The topological polar surface area (TPSA) is 29.5 Å². The van der Waals surface area contributed by atoms with Crippen molar-refractivity contribution < 1.29 is 9.53 Å². The number of rotatable bonds is 6. The van der Waals surface area contributed by atoms with E-state index in [9.17, 15) is 5.11 Å². The molecule has 0 fully saturated rings. The van der Waals surface area contributed by atoms with Crippen LogP contribution in [-0.4, -0.2) is 26.1 Å². The molecule has 2 atom stereocenters. The molecule has 0 saturated carbocycles. The van der Waals surface area contributed by atoms with E-state index in [1.165, 1.54) is 0 Å². The first-order valence-corrected chi connectivity index (χ1v) is 8.96. The molecule has 96 valence electrons. The molecule has 0 aliphatic heterocycles. The van der Waals surface area contributed by atoms with Gasteiger partial charge in [0.25, 0.3) is 0 Å². The van der Waals surface area contributed by atoms with E-state index in [-0.39, 0.29) is 23.7 Å². The van der Waals surface area contributed by atoms with Crippen molar-refractivity contribution in [3.8, 4) is 0 Å². The summed E-state index contributed by atoms with van der Waals surface area (Å²) in [4.78, 5) is 0. The summed E-state index contributed by atoms with van der Waals surface area (Å²) < 4.78 is 6.30. The number of hydrogen-bond donors (Lipinski definition) is 1. The Morgan fingerprint density at radius 1 is 1.38 bits per heavy atom. The Kier molecular flexibility index (Phi) is 5.94. The predicted molar refractivity (Wildman–Crippen MR) is 73.1 cm³/mol. The highest BCUT2D eigenvalue weighted by Gasteiger charge is 2.39. The van der Waals surface area contributed by atoms with E-state index in [1.807, 2.05) is 13.0 Å². The highest BCUT2D eigenvalue weighted by Crippen LogP contribution is 2.38. The van der Waals surface area contributed by atoms with Crippen molar-refractivity contribution >= 4 is 8.32 Å². The standard InChI is InChI=1S/C13H28O2Si/c1-8-9-12(11(2)10-14)15-16(6,7)13(3,4)5/h8,11-12,14H,1,9-10H2,2-7H3/t11-,12-/m1/s1. The van der Waals surface area contributed by atoms with Crippen molar-refractivity contribution in [1.82, 2.24) is 0 Å². The summed E-state index contributed by atoms with van der Waals surface area (Å²) in [6.07, 6.45) is 2.79. The van der Waals surface area contributed by atoms with E-state index >= 15 is 0 Å². The Labute approximate surface area is 102 Å². The second kappa shape index (κ2) is 5.99. The minimum atomic E-state index is -1.74. The SMILES string of the molecule is C=CC[C@@H](O[Si](C)(C)C(C)(C)C)[C@H](C)CO. The van der Waals surface area contributed by atoms with Gasteiger partial charge in [0.2, 0.25) is 0 Å². The largest absolute Gasteiger partial charge is 0.413 e. The molecule has 0 unspecified atom stereocenters. The van der Waals surface area contributed by atoms with Crippen molar-refractivity contribution in [2.75, 3.05) is 6.61 Å². The van der Waals surface area contributed by atoms with E-state index in [2.05, 4.69) is 40.4 Å². The summed E-state index contributed by atoms with van der Waals surface area (Å²) in [6, 6.07) is 0.